The Morgan fingerprint density at radius 2 is 2.42 bits per heavy atom. The van der Waals surface area contributed by atoms with Crippen LogP contribution in [0.5, 0.6) is 0 Å². The molecule has 1 N–H and O–H groups in total. The summed E-state index contributed by atoms with van der Waals surface area (Å²) in [5.74, 6) is -0.702. The van der Waals surface area contributed by atoms with Gasteiger partial charge in [-0.05, 0) is 6.07 Å². The van der Waals surface area contributed by atoms with Crippen LogP contribution in [0.15, 0.2) is 24.9 Å². The second-order valence-corrected chi connectivity index (χ2v) is 2.54. The van der Waals surface area contributed by atoms with E-state index < -0.39 is 11.9 Å². The Morgan fingerprint density at radius 3 is 3.00 bits per heavy atom. The van der Waals surface area contributed by atoms with E-state index in [0.29, 0.717) is 0 Å². The zero-order chi connectivity index (χ0) is 9.14. The fourth-order valence-corrected chi connectivity index (χ4v) is 0.953. The molecule has 1 heterocycles. The van der Waals surface area contributed by atoms with Crippen molar-refractivity contribution in [3.05, 3.63) is 41.5 Å². The van der Waals surface area contributed by atoms with Crippen molar-refractivity contribution in [2.24, 2.45) is 0 Å². The summed E-state index contributed by atoms with van der Waals surface area (Å²) >= 11 is 5.38. The predicted octanol–water partition coefficient (Wildman–Crippen LogP) is 2.09. The third kappa shape index (κ3) is 1.62. The van der Waals surface area contributed by atoms with Gasteiger partial charge in [-0.15, -0.1) is 6.58 Å². The first-order valence-electron chi connectivity index (χ1n) is 3.27. The van der Waals surface area contributed by atoms with Crippen molar-refractivity contribution in [3.63, 3.8) is 0 Å². The van der Waals surface area contributed by atoms with E-state index in [1.54, 1.807) is 0 Å². The fraction of sp³-hybridized carbons (Fsp3) is 0.125. The molecule has 1 unspecified atom stereocenters. The molecule has 2 nitrogen and oxygen atoms in total. The molecule has 0 aromatic carbocycles. The molecule has 0 fully saturated rings. The van der Waals surface area contributed by atoms with Gasteiger partial charge in [0.25, 0.3) is 0 Å². The number of aromatic nitrogens is 1. The second-order valence-electron chi connectivity index (χ2n) is 2.19. The van der Waals surface area contributed by atoms with Crippen LogP contribution >= 0.6 is 11.6 Å². The lowest BCUT2D eigenvalue weighted by Gasteiger charge is -2.06. The average Bonchev–Trinajstić information content (AvgIpc) is 2.08. The van der Waals surface area contributed by atoms with Crippen LogP contribution in [0.25, 0.3) is 0 Å². The van der Waals surface area contributed by atoms with E-state index in [2.05, 4.69) is 11.6 Å². The van der Waals surface area contributed by atoms with Gasteiger partial charge in [0, 0.05) is 11.8 Å². The van der Waals surface area contributed by atoms with E-state index >= 15 is 0 Å². The third-order valence-electron chi connectivity index (χ3n) is 1.42. The van der Waals surface area contributed by atoms with E-state index in [1.165, 1.54) is 18.3 Å². The third-order valence-corrected chi connectivity index (χ3v) is 1.68. The summed E-state index contributed by atoms with van der Waals surface area (Å²) in [6.07, 6.45) is 1.51. The maximum absolute atomic E-state index is 13.0. The number of hydrogen-bond acceptors (Lipinski definition) is 2. The molecule has 0 spiro atoms. The first-order valence-corrected chi connectivity index (χ1v) is 3.65. The number of aliphatic hydroxyl groups is 1. The molecule has 1 atom stereocenters. The van der Waals surface area contributed by atoms with Crippen molar-refractivity contribution in [3.8, 4) is 0 Å². The van der Waals surface area contributed by atoms with Gasteiger partial charge in [0.1, 0.15) is 0 Å². The van der Waals surface area contributed by atoms with Crippen molar-refractivity contribution in [2.45, 2.75) is 6.10 Å². The van der Waals surface area contributed by atoms with Gasteiger partial charge in [-0.1, -0.05) is 17.7 Å². The van der Waals surface area contributed by atoms with Crippen molar-refractivity contribution in [1.29, 1.82) is 0 Å². The van der Waals surface area contributed by atoms with Crippen LogP contribution in [0.4, 0.5) is 4.39 Å². The lowest BCUT2D eigenvalue weighted by molar-refractivity contribution is 0.223. The number of rotatable bonds is 2. The molecule has 1 rings (SSSR count). The largest absolute Gasteiger partial charge is 0.384 e. The molecular formula is C8H7ClFNO. The van der Waals surface area contributed by atoms with Gasteiger partial charge in [0.15, 0.2) is 11.0 Å². The molecule has 64 valence electrons. The van der Waals surface area contributed by atoms with E-state index in [9.17, 15) is 9.50 Å². The molecule has 0 bridgehead atoms. The van der Waals surface area contributed by atoms with E-state index in [4.69, 9.17) is 11.6 Å². The summed E-state index contributed by atoms with van der Waals surface area (Å²) in [7, 11) is 0. The van der Waals surface area contributed by atoms with Gasteiger partial charge in [-0.2, -0.15) is 0 Å². The Bertz CT molecular complexity index is 303. The number of aliphatic hydroxyl groups excluding tert-OH is 1. The quantitative estimate of drug-likeness (QED) is 0.568. The Labute approximate surface area is 74.3 Å². The van der Waals surface area contributed by atoms with Gasteiger partial charge >= 0.3 is 0 Å². The SMILES string of the molecule is C=CC(O)c1ccnc(Cl)c1F. The van der Waals surface area contributed by atoms with Crippen LogP contribution < -0.4 is 0 Å². The van der Waals surface area contributed by atoms with Crippen LogP contribution in [0, 0.1) is 5.82 Å². The Hall–Kier alpha value is -0.930. The number of nitrogens with zero attached hydrogens (tertiary/aromatic N) is 1. The minimum Gasteiger partial charge on any atom is -0.384 e. The minimum atomic E-state index is -1.04. The van der Waals surface area contributed by atoms with Crippen LogP contribution in [0.1, 0.15) is 11.7 Å². The van der Waals surface area contributed by atoms with Crippen LogP contribution in [0.3, 0.4) is 0 Å². The fourth-order valence-electron chi connectivity index (χ4n) is 0.787. The molecule has 0 amide bonds. The highest BCUT2D eigenvalue weighted by atomic mass is 35.5. The van der Waals surface area contributed by atoms with E-state index in [-0.39, 0.29) is 10.7 Å². The zero-order valence-corrected chi connectivity index (χ0v) is 6.92. The minimum absolute atomic E-state index is 0.0880. The first-order chi connectivity index (χ1) is 5.66. The Morgan fingerprint density at radius 1 is 1.75 bits per heavy atom. The Kier molecular flexibility index (Phi) is 2.78. The molecule has 0 saturated carbocycles. The molecule has 12 heavy (non-hydrogen) atoms. The van der Waals surface area contributed by atoms with Gasteiger partial charge in [0.2, 0.25) is 0 Å². The van der Waals surface area contributed by atoms with E-state index in [0.717, 1.165) is 0 Å². The monoisotopic (exact) mass is 187 g/mol. The molecule has 0 aliphatic rings. The highest BCUT2D eigenvalue weighted by molar-refractivity contribution is 6.29. The van der Waals surface area contributed by atoms with Gasteiger partial charge < -0.3 is 5.11 Å². The number of pyridine rings is 1. The maximum Gasteiger partial charge on any atom is 0.166 e. The summed E-state index contributed by atoms with van der Waals surface area (Å²) in [4.78, 5) is 3.50. The predicted molar refractivity (Wildman–Crippen MR) is 44.4 cm³/mol. The smallest absolute Gasteiger partial charge is 0.166 e. The summed E-state index contributed by atoms with van der Waals surface area (Å²) in [5.41, 5.74) is 0.0880. The topological polar surface area (TPSA) is 33.1 Å². The maximum atomic E-state index is 13.0. The zero-order valence-electron chi connectivity index (χ0n) is 6.17. The molecule has 1 aromatic heterocycles. The summed E-state index contributed by atoms with van der Waals surface area (Å²) in [6.45, 7) is 3.33. The normalized spacial score (nSPS) is 12.6. The number of hydrogen-bond donors (Lipinski definition) is 1. The molecule has 0 aliphatic heterocycles. The standard InChI is InChI=1S/C8H7ClFNO/c1-2-6(12)5-3-4-11-8(9)7(5)10/h2-4,6,12H,1H2. The lowest BCUT2D eigenvalue weighted by Crippen LogP contribution is -1.98. The van der Waals surface area contributed by atoms with Gasteiger partial charge in [0.05, 0.1) is 6.10 Å². The molecule has 4 heteroatoms. The van der Waals surface area contributed by atoms with Crippen LogP contribution in [-0.2, 0) is 0 Å². The average molecular weight is 188 g/mol. The van der Waals surface area contributed by atoms with Crippen molar-refractivity contribution in [2.75, 3.05) is 0 Å². The van der Waals surface area contributed by atoms with E-state index in [1.807, 2.05) is 0 Å². The summed E-state index contributed by atoms with van der Waals surface area (Å²) in [6, 6.07) is 1.35. The van der Waals surface area contributed by atoms with Gasteiger partial charge in [-0.3, -0.25) is 0 Å². The highest BCUT2D eigenvalue weighted by Gasteiger charge is 2.12. The van der Waals surface area contributed by atoms with Crippen molar-refractivity contribution >= 4 is 11.6 Å². The van der Waals surface area contributed by atoms with Gasteiger partial charge in [-0.25, -0.2) is 9.37 Å². The Balaban J connectivity index is 3.15. The summed E-state index contributed by atoms with van der Waals surface area (Å²) in [5, 5.41) is 8.95. The number of halogens is 2. The molecule has 0 saturated heterocycles. The first kappa shape index (κ1) is 9.16. The molecule has 0 aliphatic carbocycles. The van der Waals surface area contributed by atoms with Crippen molar-refractivity contribution < 1.29 is 9.50 Å². The summed E-state index contributed by atoms with van der Waals surface area (Å²) < 4.78 is 13.0. The second kappa shape index (κ2) is 3.65. The van der Waals surface area contributed by atoms with Crippen LogP contribution in [0.2, 0.25) is 5.15 Å². The van der Waals surface area contributed by atoms with Crippen LogP contribution in [-0.4, -0.2) is 10.1 Å². The highest BCUT2D eigenvalue weighted by Crippen LogP contribution is 2.21. The van der Waals surface area contributed by atoms with Crippen molar-refractivity contribution in [1.82, 2.24) is 4.98 Å². The molecule has 0 radical (unpaired) electrons. The molecular weight excluding hydrogens is 181 g/mol. The molecule has 1 aromatic rings. The lowest BCUT2D eigenvalue weighted by atomic mass is 10.1.